The molecule has 0 radical (unpaired) electrons. The topological polar surface area (TPSA) is 71.0 Å². The molecule has 0 aromatic heterocycles. The first-order valence-electron chi connectivity index (χ1n) is 5.23. The minimum atomic E-state index is -0.280. The number of benzene rings is 1. The average molecular weight is 238 g/mol. The lowest BCUT2D eigenvalue weighted by atomic mass is 10.3. The Balaban J connectivity index is 2.01. The molecule has 0 atom stereocenters. The summed E-state index contributed by atoms with van der Waals surface area (Å²) in [5.74, 6) is 1.29. The number of rotatable bonds is 3. The number of fused-ring (bicyclic) bond motifs is 1. The van der Waals surface area contributed by atoms with Gasteiger partial charge in [-0.05, 0) is 12.1 Å². The Morgan fingerprint density at radius 1 is 1.47 bits per heavy atom. The first-order valence-corrected chi connectivity index (χ1v) is 5.23. The van der Waals surface area contributed by atoms with Crippen molar-refractivity contribution in [1.82, 2.24) is 4.90 Å². The molecule has 1 aliphatic rings. The summed E-state index contributed by atoms with van der Waals surface area (Å²) in [7, 11) is 1.61. The van der Waals surface area contributed by atoms with E-state index in [-0.39, 0.29) is 26.0 Å². The van der Waals surface area contributed by atoms with Crippen LogP contribution in [-0.2, 0) is 0 Å². The standard InChI is InChI=1S/C11H14N2O4/c1-13(4-5-14)11(15)12-8-2-3-9-10(6-8)17-7-16-9/h2-3,6,14H,4-5,7H2,1H3,(H,12,15). The normalized spacial score (nSPS) is 12.4. The van der Waals surface area contributed by atoms with Crippen LogP contribution in [0.1, 0.15) is 0 Å². The maximum Gasteiger partial charge on any atom is 0.321 e. The molecule has 0 fully saturated rings. The Labute approximate surface area is 98.7 Å². The summed E-state index contributed by atoms with van der Waals surface area (Å²) in [5.41, 5.74) is 0.629. The number of aliphatic hydroxyl groups is 1. The molecule has 2 N–H and O–H groups in total. The van der Waals surface area contributed by atoms with E-state index in [1.54, 1.807) is 25.2 Å². The SMILES string of the molecule is CN(CCO)C(=O)Nc1ccc2c(c1)OCO2. The molecule has 0 saturated heterocycles. The van der Waals surface area contributed by atoms with Crippen LogP contribution >= 0.6 is 0 Å². The highest BCUT2D eigenvalue weighted by Gasteiger charge is 2.15. The van der Waals surface area contributed by atoms with Crippen molar-refractivity contribution in [3.05, 3.63) is 18.2 Å². The number of nitrogens with one attached hydrogen (secondary N) is 1. The fraction of sp³-hybridized carbons (Fsp3) is 0.364. The Bertz CT molecular complexity index is 422. The number of carbonyl (C=O) groups excluding carboxylic acids is 1. The van der Waals surface area contributed by atoms with Gasteiger partial charge in [-0.15, -0.1) is 0 Å². The van der Waals surface area contributed by atoms with Gasteiger partial charge in [-0.3, -0.25) is 0 Å². The van der Waals surface area contributed by atoms with Crippen LogP contribution in [0.4, 0.5) is 10.5 Å². The average Bonchev–Trinajstić information content (AvgIpc) is 2.76. The van der Waals surface area contributed by atoms with Crippen molar-refractivity contribution in [3.63, 3.8) is 0 Å². The summed E-state index contributed by atoms with van der Waals surface area (Å²) < 4.78 is 10.4. The second-order valence-electron chi connectivity index (χ2n) is 3.64. The van der Waals surface area contributed by atoms with Crippen molar-refractivity contribution in [2.45, 2.75) is 0 Å². The van der Waals surface area contributed by atoms with E-state index in [1.807, 2.05) is 0 Å². The van der Waals surface area contributed by atoms with Crippen molar-refractivity contribution >= 4 is 11.7 Å². The lowest BCUT2D eigenvalue weighted by Crippen LogP contribution is -2.33. The largest absolute Gasteiger partial charge is 0.454 e. The second-order valence-corrected chi connectivity index (χ2v) is 3.64. The van der Waals surface area contributed by atoms with E-state index < -0.39 is 0 Å². The van der Waals surface area contributed by atoms with Gasteiger partial charge in [0.1, 0.15) is 0 Å². The van der Waals surface area contributed by atoms with Gasteiger partial charge in [-0.1, -0.05) is 0 Å². The molecule has 6 nitrogen and oxygen atoms in total. The summed E-state index contributed by atoms with van der Waals surface area (Å²) in [6.07, 6.45) is 0. The van der Waals surface area contributed by atoms with E-state index in [2.05, 4.69) is 5.32 Å². The van der Waals surface area contributed by atoms with Crippen LogP contribution < -0.4 is 14.8 Å². The number of urea groups is 1. The Kier molecular flexibility index (Phi) is 3.34. The monoisotopic (exact) mass is 238 g/mol. The summed E-state index contributed by atoms with van der Waals surface area (Å²) >= 11 is 0. The van der Waals surface area contributed by atoms with Gasteiger partial charge >= 0.3 is 6.03 Å². The van der Waals surface area contributed by atoms with E-state index in [0.717, 1.165) is 0 Å². The predicted molar refractivity (Wildman–Crippen MR) is 61.3 cm³/mol. The summed E-state index contributed by atoms with van der Waals surface area (Å²) in [6.45, 7) is 0.429. The van der Waals surface area contributed by atoms with Crippen molar-refractivity contribution in [2.24, 2.45) is 0 Å². The van der Waals surface area contributed by atoms with Gasteiger partial charge in [0.05, 0.1) is 6.61 Å². The molecule has 0 saturated carbocycles. The van der Waals surface area contributed by atoms with Crippen molar-refractivity contribution in [2.75, 3.05) is 32.3 Å². The fourth-order valence-corrected chi connectivity index (χ4v) is 1.44. The van der Waals surface area contributed by atoms with Gasteiger partial charge in [0.15, 0.2) is 11.5 Å². The number of amides is 2. The third kappa shape index (κ3) is 2.59. The van der Waals surface area contributed by atoms with Crippen molar-refractivity contribution < 1.29 is 19.4 Å². The molecule has 0 aliphatic carbocycles. The molecule has 2 rings (SSSR count). The van der Waals surface area contributed by atoms with Gasteiger partial charge < -0.3 is 24.8 Å². The van der Waals surface area contributed by atoms with Gasteiger partial charge in [0, 0.05) is 25.3 Å². The molecule has 0 unspecified atom stereocenters. The maximum absolute atomic E-state index is 11.6. The lowest BCUT2D eigenvalue weighted by Gasteiger charge is -2.16. The highest BCUT2D eigenvalue weighted by Crippen LogP contribution is 2.34. The maximum atomic E-state index is 11.6. The zero-order valence-electron chi connectivity index (χ0n) is 9.47. The fourth-order valence-electron chi connectivity index (χ4n) is 1.44. The third-order valence-electron chi connectivity index (χ3n) is 2.41. The molecule has 17 heavy (non-hydrogen) atoms. The van der Waals surface area contributed by atoms with Gasteiger partial charge in [0.2, 0.25) is 6.79 Å². The molecule has 1 heterocycles. The number of hydrogen-bond donors (Lipinski definition) is 2. The molecule has 92 valence electrons. The Hall–Kier alpha value is -1.95. The number of ether oxygens (including phenoxy) is 2. The van der Waals surface area contributed by atoms with E-state index in [9.17, 15) is 4.79 Å². The van der Waals surface area contributed by atoms with E-state index >= 15 is 0 Å². The van der Waals surface area contributed by atoms with Crippen LogP contribution in [0.5, 0.6) is 11.5 Å². The zero-order valence-corrected chi connectivity index (χ0v) is 9.47. The first-order chi connectivity index (χ1) is 8.20. The predicted octanol–water partition coefficient (Wildman–Crippen LogP) is 0.871. The van der Waals surface area contributed by atoms with E-state index in [1.165, 1.54) is 4.90 Å². The van der Waals surface area contributed by atoms with E-state index in [4.69, 9.17) is 14.6 Å². The van der Waals surface area contributed by atoms with Crippen LogP contribution in [0.25, 0.3) is 0 Å². The number of aliphatic hydroxyl groups excluding tert-OH is 1. The lowest BCUT2D eigenvalue weighted by molar-refractivity contribution is 0.174. The molecular formula is C11H14N2O4. The van der Waals surface area contributed by atoms with Crippen LogP contribution in [0.15, 0.2) is 18.2 Å². The molecule has 0 bridgehead atoms. The van der Waals surface area contributed by atoms with E-state index in [0.29, 0.717) is 17.2 Å². The minimum Gasteiger partial charge on any atom is -0.454 e. The number of anilines is 1. The molecule has 1 aliphatic heterocycles. The molecule has 1 aromatic rings. The van der Waals surface area contributed by atoms with Crippen LogP contribution in [0.2, 0.25) is 0 Å². The van der Waals surface area contributed by atoms with Crippen molar-refractivity contribution in [1.29, 1.82) is 0 Å². The zero-order chi connectivity index (χ0) is 12.3. The Morgan fingerprint density at radius 2 is 2.24 bits per heavy atom. The molecular weight excluding hydrogens is 224 g/mol. The number of carbonyl (C=O) groups is 1. The Morgan fingerprint density at radius 3 is 3.00 bits per heavy atom. The molecule has 2 amide bonds. The second kappa shape index (κ2) is 4.92. The minimum absolute atomic E-state index is 0.0644. The van der Waals surface area contributed by atoms with Gasteiger partial charge in [-0.25, -0.2) is 4.79 Å². The van der Waals surface area contributed by atoms with Gasteiger partial charge in [0.25, 0.3) is 0 Å². The van der Waals surface area contributed by atoms with Gasteiger partial charge in [-0.2, -0.15) is 0 Å². The summed E-state index contributed by atoms with van der Waals surface area (Å²) in [6, 6.07) is 4.90. The smallest absolute Gasteiger partial charge is 0.321 e. The van der Waals surface area contributed by atoms with Crippen LogP contribution in [0, 0.1) is 0 Å². The molecule has 0 spiro atoms. The highest BCUT2D eigenvalue weighted by molar-refractivity contribution is 5.89. The van der Waals surface area contributed by atoms with Crippen LogP contribution in [0.3, 0.4) is 0 Å². The number of nitrogens with zero attached hydrogens (tertiary/aromatic N) is 1. The first kappa shape index (κ1) is 11.5. The summed E-state index contributed by atoms with van der Waals surface area (Å²) in [4.78, 5) is 13.0. The van der Waals surface area contributed by atoms with Crippen molar-refractivity contribution in [3.8, 4) is 11.5 Å². The highest BCUT2D eigenvalue weighted by atomic mass is 16.7. The molecule has 1 aromatic carbocycles. The van der Waals surface area contributed by atoms with Crippen LogP contribution in [-0.4, -0.2) is 43.0 Å². The number of likely N-dealkylation sites (N-methyl/N-ethyl adjacent to an activating group) is 1. The molecule has 6 heteroatoms. The third-order valence-corrected chi connectivity index (χ3v) is 2.41. The quantitative estimate of drug-likeness (QED) is 0.819. The summed E-state index contributed by atoms with van der Waals surface area (Å²) in [5, 5.41) is 11.4. The number of hydrogen-bond acceptors (Lipinski definition) is 4.